The summed E-state index contributed by atoms with van der Waals surface area (Å²) in [5.41, 5.74) is 4.88. The topological polar surface area (TPSA) is 29.1 Å². The first-order valence-corrected chi connectivity index (χ1v) is 8.50. The van der Waals surface area contributed by atoms with E-state index in [1.807, 2.05) is 6.92 Å². The van der Waals surface area contributed by atoms with E-state index in [-0.39, 0.29) is 11.9 Å². The van der Waals surface area contributed by atoms with Crippen LogP contribution >= 0.6 is 11.8 Å². The molecule has 2 aromatic carbocycles. The van der Waals surface area contributed by atoms with E-state index >= 15 is 0 Å². The van der Waals surface area contributed by atoms with Gasteiger partial charge in [0.2, 0.25) is 5.91 Å². The molecule has 0 spiro atoms. The molecule has 1 amide bonds. The van der Waals surface area contributed by atoms with Crippen LogP contribution < -0.4 is 5.32 Å². The molecule has 0 aliphatic carbocycles. The molecule has 2 aromatic rings. The average Bonchev–Trinajstić information content (AvgIpc) is 2.46. The number of thioether (sulfide) groups is 1. The predicted octanol–water partition coefficient (Wildman–Crippen LogP) is 4.58. The van der Waals surface area contributed by atoms with Gasteiger partial charge in [-0.15, -0.1) is 11.8 Å². The Labute approximate surface area is 137 Å². The number of rotatable bonds is 5. The third-order valence-corrected chi connectivity index (χ3v) is 4.67. The van der Waals surface area contributed by atoms with E-state index in [1.165, 1.54) is 22.3 Å². The van der Waals surface area contributed by atoms with Crippen LogP contribution in [0.5, 0.6) is 0 Å². The molecule has 0 heterocycles. The van der Waals surface area contributed by atoms with Gasteiger partial charge in [0.25, 0.3) is 0 Å². The van der Waals surface area contributed by atoms with Gasteiger partial charge < -0.3 is 5.32 Å². The summed E-state index contributed by atoms with van der Waals surface area (Å²) in [5.74, 6) is 0.510. The fourth-order valence-electron chi connectivity index (χ4n) is 2.46. The minimum absolute atomic E-state index is 0.0340. The summed E-state index contributed by atoms with van der Waals surface area (Å²) in [7, 11) is 0. The maximum atomic E-state index is 12.1. The van der Waals surface area contributed by atoms with Gasteiger partial charge in [0.15, 0.2) is 0 Å². The van der Waals surface area contributed by atoms with Crippen LogP contribution in [0.25, 0.3) is 0 Å². The zero-order valence-electron chi connectivity index (χ0n) is 13.6. The molecule has 0 unspecified atom stereocenters. The Hall–Kier alpha value is -1.74. The first-order valence-electron chi connectivity index (χ1n) is 7.51. The van der Waals surface area contributed by atoms with Crippen molar-refractivity contribution in [3.8, 4) is 0 Å². The van der Waals surface area contributed by atoms with Gasteiger partial charge in [-0.25, -0.2) is 0 Å². The van der Waals surface area contributed by atoms with Crippen LogP contribution in [-0.2, 0) is 4.79 Å². The highest BCUT2D eigenvalue weighted by Gasteiger charge is 2.12. The number of aryl methyl sites for hydroxylation is 3. The van der Waals surface area contributed by atoms with Gasteiger partial charge in [0.05, 0.1) is 11.8 Å². The molecule has 1 atom stereocenters. The van der Waals surface area contributed by atoms with Crippen LogP contribution in [-0.4, -0.2) is 11.7 Å². The number of carbonyl (C=O) groups excluding carboxylic acids is 1. The molecule has 116 valence electrons. The van der Waals surface area contributed by atoms with Crippen LogP contribution in [0.3, 0.4) is 0 Å². The van der Waals surface area contributed by atoms with Crippen molar-refractivity contribution >= 4 is 17.7 Å². The molecule has 0 aromatic heterocycles. The Morgan fingerprint density at radius 2 is 1.68 bits per heavy atom. The normalized spacial score (nSPS) is 12.0. The van der Waals surface area contributed by atoms with Crippen molar-refractivity contribution in [2.45, 2.75) is 38.6 Å². The van der Waals surface area contributed by atoms with Crippen LogP contribution in [0.4, 0.5) is 0 Å². The molecule has 0 bridgehead atoms. The molecule has 0 saturated heterocycles. The van der Waals surface area contributed by atoms with Crippen molar-refractivity contribution in [2.24, 2.45) is 0 Å². The maximum absolute atomic E-state index is 12.1. The first kappa shape index (κ1) is 16.6. The van der Waals surface area contributed by atoms with Crippen molar-refractivity contribution in [3.05, 3.63) is 64.7 Å². The second kappa shape index (κ2) is 7.50. The van der Waals surface area contributed by atoms with Gasteiger partial charge >= 0.3 is 0 Å². The van der Waals surface area contributed by atoms with Crippen molar-refractivity contribution < 1.29 is 4.79 Å². The summed E-state index contributed by atoms with van der Waals surface area (Å²) in [4.78, 5) is 13.2. The number of amides is 1. The average molecular weight is 313 g/mol. The number of carbonyl (C=O) groups is 1. The molecule has 1 N–H and O–H groups in total. The van der Waals surface area contributed by atoms with E-state index in [9.17, 15) is 4.79 Å². The molecule has 3 heteroatoms. The Morgan fingerprint density at radius 1 is 1.05 bits per heavy atom. The summed E-state index contributed by atoms with van der Waals surface area (Å²) >= 11 is 1.57. The van der Waals surface area contributed by atoms with Gasteiger partial charge in [-0.3, -0.25) is 4.79 Å². The Bertz CT molecular complexity index is 649. The zero-order chi connectivity index (χ0) is 16.1. The van der Waals surface area contributed by atoms with Gasteiger partial charge in [0.1, 0.15) is 0 Å². The Morgan fingerprint density at radius 3 is 2.32 bits per heavy atom. The minimum Gasteiger partial charge on any atom is -0.349 e. The fourth-order valence-corrected chi connectivity index (χ4v) is 3.17. The smallest absolute Gasteiger partial charge is 0.230 e. The van der Waals surface area contributed by atoms with E-state index < -0.39 is 0 Å². The van der Waals surface area contributed by atoms with Crippen molar-refractivity contribution in [1.29, 1.82) is 0 Å². The first-order chi connectivity index (χ1) is 10.5. The Kier molecular flexibility index (Phi) is 5.67. The van der Waals surface area contributed by atoms with Crippen LogP contribution in [0, 0.1) is 20.8 Å². The number of benzene rings is 2. The third kappa shape index (κ3) is 4.63. The predicted molar refractivity (Wildman–Crippen MR) is 94.4 cm³/mol. The van der Waals surface area contributed by atoms with Gasteiger partial charge in [-0.1, -0.05) is 41.5 Å². The molecule has 0 radical (unpaired) electrons. The second-order valence-corrected chi connectivity index (χ2v) is 6.80. The summed E-state index contributed by atoms with van der Waals surface area (Å²) in [6.07, 6.45) is 0. The van der Waals surface area contributed by atoms with Crippen LogP contribution in [0.1, 0.15) is 35.2 Å². The molecule has 2 nitrogen and oxygen atoms in total. The van der Waals surface area contributed by atoms with Crippen molar-refractivity contribution in [2.75, 3.05) is 5.75 Å². The lowest BCUT2D eigenvalue weighted by Crippen LogP contribution is -2.28. The highest BCUT2D eigenvalue weighted by atomic mass is 32.2. The molecule has 0 aliphatic rings. The summed E-state index contributed by atoms with van der Waals surface area (Å²) in [5, 5.41) is 3.08. The Balaban J connectivity index is 1.89. The van der Waals surface area contributed by atoms with E-state index in [1.54, 1.807) is 11.8 Å². The number of hydrogen-bond donors (Lipinski definition) is 1. The van der Waals surface area contributed by atoms with Crippen molar-refractivity contribution in [3.63, 3.8) is 0 Å². The zero-order valence-corrected chi connectivity index (χ0v) is 14.5. The van der Waals surface area contributed by atoms with Gasteiger partial charge in [-0.2, -0.15) is 0 Å². The molecule has 0 aliphatic heterocycles. The number of nitrogens with one attached hydrogen (secondary N) is 1. The second-order valence-electron chi connectivity index (χ2n) is 5.75. The maximum Gasteiger partial charge on any atom is 0.230 e. The monoisotopic (exact) mass is 313 g/mol. The van der Waals surface area contributed by atoms with Crippen LogP contribution in [0.2, 0.25) is 0 Å². The van der Waals surface area contributed by atoms with Gasteiger partial charge in [0, 0.05) is 4.90 Å². The summed E-state index contributed by atoms with van der Waals surface area (Å²) < 4.78 is 0. The molecule has 0 saturated carbocycles. The molecular weight excluding hydrogens is 290 g/mol. The highest BCUT2D eigenvalue weighted by Crippen LogP contribution is 2.20. The minimum atomic E-state index is 0.0340. The molecular formula is C19H23NOS. The SMILES string of the molecule is Cc1ccc(SCC(=O)N[C@H](C)c2ccc(C)cc2C)cc1. The molecule has 0 fully saturated rings. The summed E-state index contributed by atoms with van der Waals surface area (Å²) in [6, 6.07) is 14.6. The van der Waals surface area contributed by atoms with E-state index in [4.69, 9.17) is 0 Å². The standard InChI is InChI=1S/C19H23NOS/c1-13-5-8-17(9-6-13)22-12-19(21)20-16(4)18-10-7-14(2)11-15(18)3/h5-11,16H,12H2,1-4H3,(H,20,21)/t16-/m1/s1. The lowest BCUT2D eigenvalue weighted by atomic mass is 10.0. The highest BCUT2D eigenvalue weighted by molar-refractivity contribution is 8.00. The fraction of sp³-hybridized carbons (Fsp3) is 0.316. The van der Waals surface area contributed by atoms with Crippen molar-refractivity contribution in [1.82, 2.24) is 5.32 Å². The van der Waals surface area contributed by atoms with E-state index in [2.05, 4.69) is 68.6 Å². The lowest BCUT2D eigenvalue weighted by molar-refractivity contribution is -0.119. The molecule has 2 rings (SSSR count). The quantitative estimate of drug-likeness (QED) is 0.819. The molecule has 22 heavy (non-hydrogen) atoms. The lowest BCUT2D eigenvalue weighted by Gasteiger charge is -2.17. The van der Waals surface area contributed by atoms with Gasteiger partial charge in [-0.05, 0) is 51.0 Å². The van der Waals surface area contributed by atoms with Crippen LogP contribution in [0.15, 0.2) is 47.4 Å². The number of hydrogen-bond acceptors (Lipinski definition) is 2. The largest absolute Gasteiger partial charge is 0.349 e. The van der Waals surface area contributed by atoms with E-state index in [0.717, 1.165) is 4.90 Å². The summed E-state index contributed by atoms with van der Waals surface area (Å²) in [6.45, 7) is 8.27. The van der Waals surface area contributed by atoms with E-state index in [0.29, 0.717) is 5.75 Å². The third-order valence-electron chi connectivity index (χ3n) is 3.66.